The van der Waals surface area contributed by atoms with Crippen LogP contribution in [0.3, 0.4) is 0 Å². The van der Waals surface area contributed by atoms with Crippen LogP contribution in [-0.2, 0) is 0 Å². The van der Waals surface area contributed by atoms with E-state index >= 15 is 0 Å². The van der Waals surface area contributed by atoms with Gasteiger partial charge in [-0.2, -0.15) is 0 Å². The van der Waals surface area contributed by atoms with E-state index in [1.165, 1.54) is 0 Å². The van der Waals surface area contributed by atoms with Gasteiger partial charge in [0, 0.05) is 11.2 Å². The minimum absolute atomic E-state index is 0.0400. The molecule has 0 saturated heterocycles. The molecular weight excluding hydrogens is 295 g/mol. The largest absolute Gasteiger partial charge is 0.394 e. The average Bonchev–Trinajstić information content (AvgIpc) is 2.51. The van der Waals surface area contributed by atoms with Crippen molar-refractivity contribution in [3.8, 4) is 0 Å². The van der Waals surface area contributed by atoms with Crippen molar-refractivity contribution in [2.45, 2.75) is 19.9 Å². The molecule has 1 aromatic heterocycles. The van der Waals surface area contributed by atoms with Crippen molar-refractivity contribution >= 4 is 23.2 Å². The van der Waals surface area contributed by atoms with Crippen molar-refractivity contribution in [2.75, 3.05) is 6.61 Å². The Hall–Kier alpha value is -1.13. The highest BCUT2D eigenvalue weighted by atomic mass is 35.5. The van der Waals surface area contributed by atoms with E-state index < -0.39 is 0 Å². The van der Waals surface area contributed by atoms with Crippen molar-refractivity contribution in [3.63, 3.8) is 0 Å². The van der Waals surface area contributed by atoms with Crippen LogP contribution in [-0.4, -0.2) is 16.7 Å². The van der Waals surface area contributed by atoms with Gasteiger partial charge in [0.05, 0.1) is 12.6 Å². The lowest BCUT2D eigenvalue weighted by molar-refractivity contribution is 0.268. The Balaban J connectivity index is 0.000000345. The molecule has 0 radical (unpaired) electrons. The predicted molar refractivity (Wildman–Crippen MR) is 86.1 cm³/mol. The highest BCUT2D eigenvalue weighted by molar-refractivity contribution is 6.30. The Morgan fingerprint density at radius 1 is 1.10 bits per heavy atom. The van der Waals surface area contributed by atoms with Crippen molar-refractivity contribution in [3.05, 3.63) is 64.4 Å². The van der Waals surface area contributed by atoms with Gasteiger partial charge in [-0.15, -0.1) is 0 Å². The Labute approximate surface area is 130 Å². The number of rotatable bonds is 2. The molecule has 0 aliphatic rings. The zero-order valence-corrected chi connectivity index (χ0v) is 13.1. The van der Waals surface area contributed by atoms with E-state index in [9.17, 15) is 0 Å². The summed E-state index contributed by atoms with van der Waals surface area (Å²) >= 11 is 11.1. The smallest absolute Gasteiger partial charge is 0.129 e. The predicted octanol–water partition coefficient (Wildman–Crippen LogP) is 4.09. The van der Waals surface area contributed by atoms with E-state index in [0.717, 1.165) is 5.56 Å². The SMILES string of the molecule is CC.Clc1ccccn1.NC(CO)c1ccc(Cl)cc1. The van der Waals surface area contributed by atoms with Crippen molar-refractivity contribution < 1.29 is 5.11 Å². The van der Waals surface area contributed by atoms with Gasteiger partial charge in [0.15, 0.2) is 0 Å². The van der Waals surface area contributed by atoms with Crippen LogP contribution in [0.5, 0.6) is 0 Å². The first-order valence-electron chi connectivity index (χ1n) is 6.32. The van der Waals surface area contributed by atoms with Gasteiger partial charge >= 0.3 is 0 Å². The minimum Gasteiger partial charge on any atom is -0.394 e. The molecule has 5 heteroatoms. The summed E-state index contributed by atoms with van der Waals surface area (Å²) in [6.07, 6.45) is 1.66. The van der Waals surface area contributed by atoms with Gasteiger partial charge in [-0.1, -0.05) is 55.2 Å². The fourth-order valence-corrected chi connectivity index (χ4v) is 1.41. The van der Waals surface area contributed by atoms with Crippen LogP contribution in [0.4, 0.5) is 0 Å². The molecule has 1 aromatic carbocycles. The molecule has 0 bridgehead atoms. The quantitative estimate of drug-likeness (QED) is 0.821. The lowest BCUT2D eigenvalue weighted by atomic mass is 10.1. The van der Waals surface area contributed by atoms with E-state index in [0.29, 0.717) is 10.2 Å². The van der Waals surface area contributed by atoms with Crippen molar-refractivity contribution in [1.29, 1.82) is 0 Å². The molecule has 2 rings (SSSR count). The van der Waals surface area contributed by atoms with Gasteiger partial charge in [0.2, 0.25) is 0 Å². The van der Waals surface area contributed by atoms with Crippen LogP contribution < -0.4 is 5.73 Å². The van der Waals surface area contributed by atoms with Crippen LogP contribution in [0, 0.1) is 0 Å². The molecule has 3 nitrogen and oxygen atoms in total. The van der Waals surface area contributed by atoms with Crippen molar-refractivity contribution in [2.24, 2.45) is 5.73 Å². The lowest BCUT2D eigenvalue weighted by Gasteiger charge is -2.07. The molecule has 1 heterocycles. The Bertz CT molecular complexity index is 449. The van der Waals surface area contributed by atoms with Gasteiger partial charge < -0.3 is 10.8 Å². The number of hydrogen-bond acceptors (Lipinski definition) is 3. The van der Waals surface area contributed by atoms with E-state index in [4.69, 9.17) is 34.0 Å². The van der Waals surface area contributed by atoms with Crippen LogP contribution in [0.25, 0.3) is 0 Å². The van der Waals surface area contributed by atoms with Crippen LogP contribution in [0.1, 0.15) is 25.5 Å². The molecule has 110 valence electrons. The summed E-state index contributed by atoms with van der Waals surface area (Å²) in [5.41, 5.74) is 6.45. The van der Waals surface area contributed by atoms with E-state index in [1.54, 1.807) is 24.4 Å². The number of nitrogens with two attached hydrogens (primary N) is 1. The van der Waals surface area contributed by atoms with E-state index in [2.05, 4.69) is 4.98 Å². The molecule has 0 fully saturated rings. The summed E-state index contributed by atoms with van der Waals surface area (Å²) in [6.45, 7) is 3.96. The molecule has 2 aromatic rings. The molecule has 0 aliphatic carbocycles. The summed E-state index contributed by atoms with van der Waals surface area (Å²) in [7, 11) is 0. The molecular formula is C15H20Cl2N2O. The fourth-order valence-electron chi connectivity index (χ4n) is 1.16. The molecule has 1 unspecified atom stereocenters. The minimum atomic E-state index is -0.299. The lowest BCUT2D eigenvalue weighted by Crippen LogP contribution is -2.13. The summed E-state index contributed by atoms with van der Waals surface area (Å²) in [5, 5.41) is 9.92. The first kappa shape index (κ1) is 18.9. The molecule has 1 atom stereocenters. The van der Waals surface area contributed by atoms with Crippen LogP contribution in [0.15, 0.2) is 48.7 Å². The number of aromatic nitrogens is 1. The topological polar surface area (TPSA) is 59.1 Å². The van der Waals surface area contributed by atoms with Crippen LogP contribution in [0.2, 0.25) is 10.2 Å². The third-order valence-corrected chi connectivity index (χ3v) is 2.60. The maximum absolute atomic E-state index is 8.70. The number of nitrogens with zero attached hydrogens (tertiary/aromatic N) is 1. The number of aliphatic hydroxyl groups is 1. The first-order valence-corrected chi connectivity index (χ1v) is 7.07. The monoisotopic (exact) mass is 314 g/mol. The van der Waals surface area contributed by atoms with E-state index in [1.807, 2.05) is 38.1 Å². The number of halogens is 2. The highest BCUT2D eigenvalue weighted by Crippen LogP contribution is 2.13. The summed E-state index contributed by atoms with van der Waals surface area (Å²) in [6, 6.07) is 12.2. The normalized spacial score (nSPS) is 10.5. The fraction of sp³-hybridized carbons (Fsp3) is 0.267. The molecule has 0 saturated carbocycles. The zero-order valence-electron chi connectivity index (χ0n) is 11.6. The molecule has 0 aliphatic heterocycles. The molecule has 20 heavy (non-hydrogen) atoms. The Kier molecular flexibility index (Phi) is 11.0. The first-order chi connectivity index (χ1) is 9.63. The standard InChI is InChI=1S/C8H10ClNO.C5H4ClN.C2H6/c9-7-3-1-6(2-4-7)8(10)5-11;6-5-3-1-2-4-7-5;1-2/h1-4,8,11H,5,10H2;1-4H;1-2H3. The van der Waals surface area contributed by atoms with Gasteiger partial charge in [-0.25, -0.2) is 4.98 Å². The zero-order chi connectivity index (χ0) is 15.4. The maximum Gasteiger partial charge on any atom is 0.129 e. The van der Waals surface area contributed by atoms with Crippen LogP contribution >= 0.6 is 23.2 Å². The molecule has 0 amide bonds. The number of aliphatic hydroxyl groups excluding tert-OH is 1. The van der Waals surface area contributed by atoms with Gasteiger partial charge in [-0.3, -0.25) is 0 Å². The average molecular weight is 315 g/mol. The van der Waals surface area contributed by atoms with E-state index in [-0.39, 0.29) is 12.6 Å². The Morgan fingerprint density at radius 2 is 1.70 bits per heavy atom. The number of hydrogen-bond donors (Lipinski definition) is 2. The molecule has 0 spiro atoms. The second-order valence-electron chi connectivity index (χ2n) is 3.49. The highest BCUT2D eigenvalue weighted by Gasteiger charge is 2.02. The number of pyridine rings is 1. The second-order valence-corrected chi connectivity index (χ2v) is 4.32. The van der Waals surface area contributed by atoms with Gasteiger partial charge in [-0.05, 0) is 29.8 Å². The third kappa shape index (κ3) is 8.12. The molecule has 3 N–H and O–H groups in total. The third-order valence-electron chi connectivity index (χ3n) is 2.12. The Morgan fingerprint density at radius 3 is 2.05 bits per heavy atom. The van der Waals surface area contributed by atoms with Gasteiger partial charge in [0.25, 0.3) is 0 Å². The maximum atomic E-state index is 8.70. The summed E-state index contributed by atoms with van der Waals surface area (Å²) in [5.74, 6) is 0. The second kappa shape index (κ2) is 11.7. The summed E-state index contributed by atoms with van der Waals surface area (Å²) < 4.78 is 0. The van der Waals surface area contributed by atoms with Crippen molar-refractivity contribution in [1.82, 2.24) is 4.98 Å². The van der Waals surface area contributed by atoms with Gasteiger partial charge in [0.1, 0.15) is 5.15 Å². The summed E-state index contributed by atoms with van der Waals surface area (Å²) in [4.78, 5) is 3.74. The number of benzene rings is 1.